The Bertz CT molecular complexity index is 2090. The molecule has 2 aliphatic heterocycles. The first kappa shape index (κ1) is 32.7. The van der Waals surface area contributed by atoms with Gasteiger partial charge in [-0.05, 0) is 86.3 Å². The number of fused-ring (bicyclic) bond motifs is 1. The highest BCUT2D eigenvalue weighted by Gasteiger charge is 2.66. The molecule has 3 aliphatic carbocycles. The second-order valence-corrected chi connectivity index (χ2v) is 15.5. The highest BCUT2D eigenvalue weighted by atomic mass is 19.1. The summed E-state index contributed by atoms with van der Waals surface area (Å²) in [6.45, 7) is 5.42. The summed E-state index contributed by atoms with van der Waals surface area (Å²) in [5.74, 6) is -0.430. The van der Waals surface area contributed by atoms with Gasteiger partial charge in [-0.1, -0.05) is 49.2 Å². The minimum Gasteiger partial charge on any atom is -0.298 e. The van der Waals surface area contributed by atoms with Gasteiger partial charge in [0.2, 0.25) is 0 Å². The Morgan fingerprint density at radius 3 is 2.20 bits per heavy atom. The number of hydrazine groups is 1. The lowest BCUT2D eigenvalue weighted by Crippen LogP contribution is -2.72. The largest absolute Gasteiger partial charge is 0.337 e. The highest BCUT2D eigenvalue weighted by Crippen LogP contribution is 2.52. The molecule has 1 spiro atoms. The molecule has 5 aliphatic rings. The van der Waals surface area contributed by atoms with Crippen molar-refractivity contribution in [2.45, 2.75) is 94.4 Å². The molecular weight excluding hydrogens is 645 g/mol. The molecule has 51 heavy (non-hydrogen) atoms. The number of piperazine rings is 1. The smallest absolute Gasteiger partial charge is 0.298 e. The Kier molecular flexibility index (Phi) is 8.20. The van der Waals surface area contributed by atoms with Crippen molar-refractivity contribution in [2.75, 3.05) is 33.2 Å². The first-order chi connectivity index (χ1) is 24.8. The molecule has 4 heterocycles. The lowest BCUT2D eigenvalue weighted by Gasteiger charge is -2.53. The summed E-state index contributed by atoms with van der Waals surface area (Å²) in [4.78, 5) is 50.6. The Hall–Kier alpha value is -4.19. The van der Waals surface area contributed by atoms with Gasteiger partial charge in [-0.15, -0.1) is 0 Å². The number of carbonyl (C=O) groups is 1. The first-order valence-electron chi connectivity index (χ1n) is 18.9. The van der Waals surface area contributed by atoms with E-state index in [0.717, 1.165) is 68.9 Å². The van der Waals surface area contributed by atoms with Crippen LogP contribution in [0.2, 0.25) is 0 Å². The van der Waals surface area contributed by atoms with E-state index in [0.29, 0.717) is 31.4 Å². The minimum atomic E-state index is -0.627. The molecule has 0 N–H and O–H groups in total. The Labute approximate surface area is 297 Å². The molecule has 0 unspecified atom stereocenters. The summed E-state index contributed by atoms with van der Waals surface area (Å²) in [5, 5.41) is 4.03. The molecule has 1 amide bonds. The number of benzene rings is 2. The van der Waals surface area contributed by atoms with Gasteiger partial charge in [0.05, 0.1) is 17.3 Å². The molecule has 3 saturated carbocycles. The van der Waals surface area contributed by atoms with E-state index >= 15 is 0 Å². The number of likely N-dealkylation sites (N-methyl/N-ethyl adjacent to an activating group) is 1. The predicted molar refractivity (Wildman–Crippen MR) is 194 cm³/mol. The van der Waals surface area contributed by atoms with Crippen molar-refractivity contribution in [3.05, 3.63) is 93.0 Å². The number of carbonyl (C=O) groups excluding carboxylic acids is 1. The van der Waals surface area contributed by atoms with Crippen LogP contribution in [0, 0.1) is 5.82 Å². The van der Waals surface area contributed by atoms with E-state index in [1.165, 1.54) is 46.4 Å². The number of rotatable bonds is 7. The zero-order valence-corrected chi connectivity index (χ0v) is 29.3. The highest BCUT2D eigenvalue weighted by molar-refractivity contribution is 5.94. The molecule has 10 nitrogen and oxygen atoms in total. The van der Waals surface area contributed by atoms with Crippen LogP contribution in [0.3, 0.4) is 0 Å². The normalized spacial score (nSPS) is 24.4. The molecule has 0 atom stereocenters. The van der Waals surface area contributed by atoms with Crippen LogP contribution in [0.4, 0.5) is 4.39 Å². The summed E-state index contributed by atoms with van der Waals surface area (Å²) in [7, 11) is 1.98. The Morgan fingerprint density at radius 2 is 1.51 bits per heavy atom. The lowest BCUT2D eigenvalue weighted by molar-refractivity contribution is -0.207. The molecule has 2 saturated heterocycles. The van der Waals surface area contributed by atoms with Gasteiger partial charge in [0.1, 0.15) is 11.4 Å². The van der Waals surface area contributed by atoms with Crippen LogP contribution < -0.4 is 11.2 Å². The summed E-state index contributed by atoms with van der Waals surface area (Å²) >= 11 is 0. The van der Waals surface area contributed by atoms with Crippen molar-refractivity contribution >= 4 is 16.9 Å². The molecule has 2 aromatic heterocycles. The van der Waals surface area contributed by atoms with Crippen LogP contribution in [-0.4, -0.2) is 90.7 Å². The number of nitrogens with zero attached hydrogens (tertiary/aromatic N) is 7. The third-order valence-corrected chi connectivity index (χ3v) is 12.6. The van der Waals surface area contributed by atoms with Crippen LogP contribution >= 0.6 is 0 Å². The van der Waals surface area contributed by atoms with Crippen LogP contribution in [0.5, 0.6) is 0 Å². The summed E-state index contributed by atoms with van der Waals surface area (Å²) in [6.07, 6.45) is 10.9. The van der Waals surface area contributed by atoms with Gasteiger partial charge in [-0.25, -0.2) is 23.7 Å². The van der Waals surface area contributed by atoms with E-state index in [1.807, 2.05) is 36.3 Å². The fraction of sp³-hybridized carbons (Fsp3) is 0.500. The Balaban J connectivity index is 0.959. The molecular formula is C40H46FN7O3. The van der Waals surface area contributed by atoms with Gasteiger partial charge in [0, 0.05) is 57.9 Å². The molecule has 2 aromatic carbocycles. The average Bonchev–Trinajstić information content (AvgIpc) is 3.83. The van der Waals surface area contributed by atoms with Gasteiger partial charge in [0.15, 0.2) is 5.65 Å². The number of pyridine rings is 1. The third-order valence-electron chi connectivity index (χ3n) is 12.6. The molecule has 266 valence electrons. The first-order valence-corrected chi connectivity index (χ1v) is 18.9. The van der Waals surface area contributed by atoms with Crippen LogP contribution in [0.1, 0.15) is 75.8 Å². The van der Waals surface area contributed by atoms with Crippen molar-refractivity contribution in [1.29, 1.82) is 0 Å². The van der Waals surface area contributed by atoms with Crippen molar-refractivity contribution in [1.82, 2.24) is 33.9 Å². The fourth-order valence-electron chi connectivity index (χ4n) is 9.46. The van der Waals surface area contributed by atoms with Crippen LogP contribution in [-0.2, 0) is 11.3 Å². The lowest BCUT2D eigenvalue weighted by atomic mass is 9.89. The summed E-state index contributed by atoms with van der Waals surface area (Å²) in [5.41, 5.74) is 2.64. The van der Waals surface area contributed by atoms with E-state index in [9.17, 15) is 18.8 Å². The summed E-state index contributed by atoms with van der Waals surface area (Å²) < 4.78 is 17.3. The molecule has 11 heteroatoms. The number of hydrogen-bond acceptors (Lipinski definition) is 7. The van der Waals surface area contributed by atoms with Gasteiger partial charge >= 0.3 is 5.69 Å². The Morgan fingerprint density at radius 1 is 0.804 bits per heavy atom. The molecule has 5 fully saturated rings. The fourth-order valence-corrected chi connectivity index (χ4v) is 9.46. The third kappa shape index (κ3) is 5.64. The van der Waals surface area contributed by atoms with E-state index in [2.05, 4.69) is 44.1 Å². The topological polar surface area (TPSA) is 86.9 Å². The molecule has 0 radical (unpaired) electrons. The number of hydrogen-bond donors (Lipinski definition) is 0. The van der Waals surface area contributed by atoms with Crippen LogP contribution in [0.15, 0.2) is 70.4 Å². The minimum absolute atomic E-state index is 0.0531. The second kappa shape index (κ2) is 12.8. The van der Waals surface area contributed by atoms with Crippen molar-refractivity contribution in [3.8, 4) is 16.8 Å². The predicted octanol–water partition coefficient (Wildman–Crippen LogP) is 5.12. The van der Waals surface area contributed by atoms with Crippen molar-refractivity contribution in [3.63, 3.8) is 0 Å². The van der Waals surface area contributed by atoms with E-state index in [4.69, 9.17) is 0 Å². The van der Waals surface area contributed by atoms with Gasteiger partial charge < -0.3 is 0 Å². The van der Waals surface area contributed by atoms with Gasteiger partial charge in [0.25, 0.3) is 11.5 Å². The monoisotopic (exact) mass is 691 g/mol. The molecule has 4 aromatic rings. The quantitative estimate of drug-likeness (QED) is 0.266. The summed E-state index contributed by atoms with van der Waals surface area (Å²) in [6, 6.07) is 18.0. The number of aromatic nitrogens is 3. The van der Waals surface area contributed by atoms with Crippen molar-refractivity contribution < 1.29 is 9.18 Å². The number of amides is 1. The zero-order chi connectivity index (χ0) is 34.9. The average molecular weight is 692 g/mol. The standard InChI is InChI=1S/C40H46FN7O3/c1-43-40(17-18-40)38(50)48(43)33-15-13-32(14-16-33)47-37(49)35-24-30(41)25-42-36(35)46(39(47)51)34-8-4-5-29(23-34)28-11-9-27(10-12-28)26-44-19-21-45(22-20-44)31-6-2-3-7-31/h4-5,8-12,23-25,31-33H,2-3,6-7,13-22,26H2,1H3. The van der Waals surface area contributed by atoms with Crippen molar-refractivity contribution in [2.24, 2.45) is 0 Å². The maximum Gasteiger partial charge on any atom is 0.337 e. The van der Waals surface area contributed by atoms with E-state index < -0.39 is 17.1 Å². The van der Waals surface area contributed by atoms with Gasteiger partial charge in [-0.3, -0.25) is 29.0 Å². The van der Waals surface area contributed by atoms with Gasteiger partial charge in [-0.2, -0.15) is 0 Å². The zero-order valence-electron chi connectivity index (χ0n) is 29.3. The SMILES string of the molecule is CN1N(C2CCC(n3c(=O)c4cc(F)cnc4n(-c4cccc(-c5ccc(CN6CCN(C7CCCC7)CC6)cc5)c4)c3=O)CC2)C(=O)C12CC2. The maximum atomic E-state index is 14.6. The van der Waals surface area contributed by atoms with Crippen LogP contribution in [0.25, 0.3) is 27.8 Å². The second-order valence-electron chi connectivity index (χ2n) is 15.5. The number of halogens is 1. The van der Waals surface area contributed by atoms with E-state index in [1.54, 1.807) is 0 Å². The van der Waals surface area contributed by atoms with E-state index in [-0.39, 0.29) is 34.6 Å². The maximum absolute atomic E-state index is 14.6. The molecule has 9 rings (SSSR count). The molecule has 0 bridgehead atoms.